The molecular weight excluding hydrogens is 206 g/mol. The molecule has 1 fully saturated rings. The maximum atomic E-state index is 6.40. The van der Waals surface area contributed by atoms with Crippen LogP contribution in [0, 0.1) is 0 Å². The van der Waals surface area contributed by atoms with Crippen LogP contribution >= 0.6 is 11.6 Å². The Morgan fingerprint density at radius 2 is 1.73 bits per heavy atom. The quantitative estimate of drug-likeness (QED) is 0.710. The van der Waals surface area contributed by atoms with Gasteiger partial charge in [-0.3, -0.25) is 0 Å². The van der Waals surface area contributed by atoms with E-state index in [1.165, 1.54) is 37.9 Å². The molecular formula is C13H18ClN. The molecule has 2 heteroatoms. The fourth-order valence-electron chi connectivity index (χ4n) is 2.14. The van der Waals surface area contributed by atoms with Gasteiger partial charge in [0.25, 0.3) is 0 Å². The Hall–Kier alpha value is -0.530. The van der Waals surface area contributed by atoms with E-state index in [1.54, 1.807) is 0 Å². The number of nitrogens with zero attached hydrogens (tertiary/aromatic N) is 1. The molecule has 0 radical (unpaired) electrons. The summed E-state index contributed by atoms with van der Waals surface area (Å²) in [5.41, 5.74) is 1.24. The molecule has 0 bridgehead atoms. The summed E-state index contributed by atoms with van der Waals surface area (Å²) in [7, 11) is 0. The van der Waals surface area contributed by atoms with Crippen molar-refractivity contribution in [1.29, 1.82) is 0 Å². The Morgan fingerprint density at radius 1 is 1.07 bits per heavy atom. The molecule has 1 aliphatic heterocycles. The molecule has 1 aromatic rings. The zero-order chi connectivity index (χ0) is 10.5. The molecule has 1 heterocycles. The highest BCUT2D eigenvalue weighted by atomic mass is 35.5. The molecule has 0 N–H and O–H groups in total. The van der Waals surface area contributed by atoms with Crippen LogP contribution in [-0.2, 0) is 0 Å². The van der Waals surface area contributed by atoms with Crippen LogP contribution in [-0.4, -0.2) is 24.5 Å². The van der Waals surface area contributed by atoms with E-state index in [2.05, 4.69) is 29.2 Å². The number of piperidine rings is 1. The van der Waals surface area contributed by atoms with Crippen molar-refractivity contribution in [1.82, 2.24) is 4.90 Å². The number of halogens is 1. The van der Waals surface area contributed by atoms with Gasteiger partial charge in [0.1, 0.15) is 0 Å². The summed E-state index contributed by atoms with van der Waals surface area (Å²) < 4.78 is 0. The molecule has 0 amide bonds. The highest BCUT2D eigenvalue weighted by molar-refractivity contribution is 6.21. The van der Waals surface area contributed by atoms with Gasteiger partial charge in [0, 0.05) is 6.54 Å². The fraction of sp³-hybridized carbons (Fsp3) is 0.538. The third-order valence-corrected chi connectivity index (χ3v) is 3.42. The normalized spacial score (nSPS) is 20.1. The van der Waals surface area contributed by atoms with Crippen LogP contribution in [0.5, 0.6) is 0 Å². The van der Waals surface area contributed by atoms with E-state index >= 15 is 0 Å². The van der Waals surface area contributed by atoms with E-state index in [4.69, 9.17) is 11.6 Å². The highest BCUT2D eigenvalue weighted by Gasteiger charge is 2.15. The first-order chi connectivity index (χ1) is 7.36. The van der Waals surface area contributed by atoms with Crippen LogP contribution in [0.3, 0.4) is 0 Å². The van der Waals surface area contributed by atoms with Crippen LogP contribution < -0.4 is 0 Å². The lowest BCUT2D eigenvalue weighted by molar-refractivity contribution is 0.229. The van der Waals surface area contributed by atoms with Crippen LogP contribution in [0.2, 0.25) is 0 Å². The van der Waals surface area contributed by atoms with E-state index < -0.39 is 0 Å². The summed E-state index contributed by atoms with van der Waals surface area (Å²) >= 11 is 6.40. The summed E-state index contributed by atoms with van der Waals surface area (Å²) in [4.78, 5) is 2.48. The van der Waals surface area contributed by atoms with Crippen molar-refractivity contribution in [3.05, 3.63) is 35.9 Å². The molecule has 15 heavy (non-hydrogen) atoms. The van der Waals surface area contributed by atoms with Crippen molar-refractivity contribution in [2.45, 2.75) is 24.6 Å². The third kappa shape index (κ3) is 3.22. The average molecular weight is 224 g/mol. The minimum Gasteiger partial charge on any atom is -0.302 e. The molecule has 0 aromatic heterocycles. The van der Waals surface area contributed by atoms with Gasteiger partial charge in [0.15, 0.2) is 0 Å². The Kier molecular flexibility index (Phi) is 4.04. The molecule has 0 saturated carbocycles. The maximum absolute atomic E-state index is 6.40. The molecule has 1 nitrogen and oxygen atoms in total. The average Bonchev–Trinajstić information content (AvgIpc) is 2.31. The van der Waals surface area contributed by atoms with E-state index in [0.29, 0.717) is 0 Å². The van der Waals surface area contributed by atoms with Gasteiger partial charge in [-0.15, -0.1) is 11.6 Å². The number of hydrogen-bond acceptors (Lipinski definition) is 1. The van der Waals surface area contributed by atoms with E-state index in [9.17, 15) is 0 Å². The highest BCUT2D eigenvalue weighted by Crippen LogP contribution is 2.22. The lowest BCUT2D eigenvalue weighted by Crippen LogP contribution is -2.32. The van der Waals surface area contributed by atoms with Crippen LogP contribution in [0.25, 0.3) is 0 Å². The molecule has 1 aliphatic rings. The lowest BCUT2D eigenvalue weighted by atomic mass is 10.1. The number of alkyl halides is 1. The minimum atomic E-state index is 0.143. The molecule has 1 unspecified atom stereocenters. The van der Waals surface area contributed by atoms with Crippen molar-refractivity contribution in [2.75, 3.05) is 19.6 Å². The van der Waals surface area contributed by atoms with Crippen molar-refractivity contribution in [2.24, 2.45) is 0 Å². The van der Waals surface area contributed by atoms with Crippen molar-refractivity contribution in [3.63, 3.8) is 0 Å². The van der Waals surface area contributed by atoms with Crippen molar-refractivity contribution < 1.29 is 0 Å². The van der Waals surface area contributed by atoms with Gasteiger partial charge in [-0.1, -0.05) is 36.8 Å². The Morgan fingerprint density at radius 3 is 2.40 bits per heavy atom. The Bertz CT molecular complexity index is 280. The number of hydrogen-bond donors (Lipinski definition) is 0. The second-order valence-electron chi connectivity index (χ2n) is 4.24. The first kappa shape index (κ1) is 11.0. The predicted molar refractivity (Wildman–Crippen MR) is 65.3 cm³/mol. The van der Waals surface area contributed by atoms with E-state index in [1.807, 2.05) is 6.07 Å². The third-order valence-electron chi connectivity index (χ3n) is 3.03. The van der Waals surface area contributed by atoms with Crippen molar-refractivity contribution in [3.8, 4) is 0 Å². The van der Waals surface area contributed by atoms with Crippen LogP contribution in [0.1, 0.15) is 30.2 Å². The van der Waals surface area contributed by atoms with Gasteiger partial charge in [-0.05, 0) is 31.5 Å². The van der Waals surface area contributed by atoms with Gasteiger partial charge in [-0.2, -0.15) is 0 Å². The molecule has 82 valence electrons. The molecule has 1 atom stereocenters. The summed E-state index contributed by atoms with van der Waals surface area (Å²) in [5.74, 6) is 0. The predicted octanol–water partition coefficient (Wildman–Crippen LogP) is 3.45. The summed E-state index contributed by atoms with van der Waals surface area (Å²) in [5, 5.41) is 0.143. The number of benzene rings is 1. The monoisotopic (exact) mass is 223 g/mol. The Labute approximate surface area is 97.0 Å². The van der Waals surface area contributed by atoms with Gasteiger partial charge in [0.2, 0.25) is 0 Å². The SMILES string of the molecule is ClC(CN1CCCCC1)c1ccccc1. The van der Waals surface area contributed by atoms with Gasteiger partial charge < -0.3 is 4.90 Å². The standard InChI is InChI=1S/C13H18ClN/c14-13(12-7-3-1-4-8-12)11-15-9-5-2-6-10-15/h1,3-4,7-8,13H,2,5-6,9-11H2. The summed E-state index contributed by atoms with van der Waals surface area (Å²) in [6.07, 6.45) is 4.05. The smallest absolute Gasteiger partial charge is 0.0712 e. The number of likely N-dealkylation sites (tertiary alicyclic amines) is 1. The largest absolute Gasteiger partial charge is 0.302 e. The van der Waals surface area contributed by atoms with Gasteiger partial charge >= 0.3 is 0 Å². The summed E-state index contributed by atoms with van der Waals surface area (Å²) in [6.45, 7) is 3.43. The zero-order valence-corrected chi connectivity index (χ0v) is 9.79. The first-order valence-corrected chi connectivity index (χ1v) is 6.21. The second-order valence-corrected chi connectivity index (χ2v) is 4.77. The topological polar surface area (TPSA) is 3.24 Å². The first-order valence-electron chi connectivity index (χ1n) is 5.77. The van der Waals surface area contributed by atoms with E-state index in [0.717, 1.165) is 6.54 Å². The van der Waals surface area contributed by atoms with Crippen LogP contribution in [0.15, 0.2) is 30.3 Å². The van der Waals surface area contributed by atoms with Gasteiger partial charge in [-0.25, -0.2) is 0 Å². The maximum Gasteiger partial charge on any atom is 0.0712 e. The molecule has 0 aliphatic carbocycles. The lowest BCUT2D eigenvalue weighted by Gasteiger charge is -2.28. The summed E-state index contributed by atoms with van der Waals surface area (Å²) in [6, 6.07) is 10.4. The molecule has 2 rings (SSSR count). The Balaban J connectivity index is 1.88. The number of rotatable bonds is 3. The molecule has 0 spiro atoms. The second kappa shape index (κ2) is 5.53. The minimum absolute atomic E-state index is 0.143. The molecule has 1 saturated heterocycles. The molecule has 1 aromatic carbocycles. The van der Waals surface area contributed by atoms with Crippen molar-refractivity contribution >= 4 is 11.6 Å². The fourth-order valence-corrected chi connectivity index (χ4v) is 2.48. The zero-order valence-electron chi connectivity index (χ0n) is 9.03. The van der Waals surface area contributed by atoms with Gasteiger partial charge in [0.05, 0.1) is 5.38 Å². The van der Waals surface area contributed by atoms with Crippen LogP contribution in [0.4, 0.5) is 0 Å². The van der Waals surface area contributed by atoms with E-state index in [-0.39, 0.29) is 5.38 Å².